The number of nitrogens with one attached hydrogen (secondary N) is 1. The number of hydrogen-bond acceptors (Lipinski definition) is 4. The van der Waals surface area contributed by atoms with E-state index < -0.39 is 10.0 Å². The second kappa shape index (κ2) is 7.27. The van der Waals surface area contributed by atoms with Crippen molar-refractivity contribution in [1.82, 2.24) is 14.5 Å². The highest BCUT2D eigenvalue weighted by Gasteiger charge is 2.22. The molecule has 0 radical (unpaired) electrons. The van der Waals surface area contributed by atoms with Gasteiger partial charge in [-0.3, -0.25) is 4.90 Å². The van der Waals surface area contributed by atoms with Gasteiger partial charge in [0.1, 0.15) is 0 Å². The predicted octanol–water partition coefficient (Wildman–Crippen LogP) is 1.56. The Morgan fingerprint density at radius 3 is 2.50 bits per heavy atom. The summed E-state index contributed by atoms with van der Waals surface area (Å²) in [5.41, 5.74) is 0.659. The molecule has 0 spiro atoms. The summed E-state index contributed by atoms with van der Waals surface area (Å²) < 4.78 is 27.6. The fourth-order valence-electron chi connectivity index (χ4n) is 2.61. The third-order valence-corrected chi connectivity index (χ3v) is 5.98. The zero-order chi connectivity index (χ0) is 16.3. The number of aryl methyl sites for hydroxylation is 1. The molecular formula is C15H24ClN3O2S. The molecule has 0 aromatic heterocycles. The first-order valence-corrected chi connectivity index (χ1v) is 9.34. The summed E-state index contributed by atoms with van der Waals surface area (Å²) in [6, 6.07) is 5.00. The lowest BCUT2D eigenvalue weighted by atomic mass is 10.2. The van der Waals surface area contributed by atoms with Gasteiger partial charge < -0.3 is 4.90 Å². The van der Waals surface area contributed by atoms with E-state index in [9.17, 15) is 8.42 Å². The van der Waals surface area contributed by atoms with Crippen LogP contribution in [0.25, 0.3) is 0 Å². The molecule has 22 heavy (non-hydrogen) atoms. The lowest BCUT2D eigenvalue weighted by Gasteiger charge is -2.36. The Morgan fingerprint density at radius 1 is 1.27 bits per heavy atom. The van der Waals surface area contributed by atoms with Crippen LogP contribution in [-0.4, -0.2) is 64.0 Å². The van der Waals surface area contributed by atoms with Crippen molar-refractivity contribution in [3.8, 4) is 0 Å². The lowest BCUT2D eigenvalue weighted by Crippen LogP contribution is -2.51. The second-order valence-corrected chi connectivity index (χ2v) is 8.12. The van der Waals surface area contributed by atoms with Crippen LogP contribution in [0, 0.1) is 6.92 Å². The van der Waals surface area contributed by atoms with Gasteiger partial charge in [-0.05, 0) is 44.7 Å². The number of likely N-dealkylation sites (N-methyl/N-ethyl adjacent to an activating group) is 1. The van der Waals surface area contributed by atoms with Crippen molar-refractivity contribution in [2.24, 2.45) is 0 Å². The molecule has 0 aliphatic carbocycles. The van der Waals surface area contributed by atoms with E-state index in [0.29, 0.717) is 22.0 Å². The largest absolute Gasteiger partial charge is 0.304 e. The molecule has 0 unspecified atom stereocenters. The molecule has 0 amide bonds. The summed E-state index contributed by atoms with van der Waals surface area (Å²) in [5.74, 6) is 0. The van der Waals surface area contributed by atoms with Gasteiger partial charge in [0, 0.05) is 43.8 Å². The number of benzene rings is 1. The number of nitrogens with zero attached hydrogens (tertiary/aromatic N) is 2. The van der Waals surface area contributed by atoms with Crippen molar-refractivity contribution in [3.63, 3.8) is 0 Å². The first-order chi connectivity index (χ1) is 10.3. The SMILES string of the molecule is Cc1cc(Cl)ccc1S(=O)(=O)NC[C@@H](C)N1CCN(C)CC1. The van der Waals surface area contributed by atoms with Crippen molar-refractivity contribution in [2.45, 2.75) is 24.8 Å². The minimum Gasteiger partial charge on any atom is -0.304 e. The molecule has 2 rings (SSSR count). The zero-order valence-electron chi connectivity index (χ0n) is 13.3. The maximum Gasteiger partial charge on any atom is 0.240 e. The normalized spacial score (nSPS) is 19.3. The quantitative estimate of drug-likeness (QED) is 0.880. The lowest BCUT2D eigenvalue weighted by molar-refractivity contribution is 0.120. The molecule has 1 atom stereocenters. The fourth-order valence-corrected chi connectivity index (χ4v) is 4.19. The minimum atomic E-state index is -3.50. The van der Waals surface area contributed by atoms with E-state index in [2.05, 4.69) is 28.5 Å². The molecule has 1 heterocycles. The average Bonchev–Trinajstić information content (AvgIpc) is 2.45. The van der Waals surface area contributed by atoms with E-state index in [1.165, 1.54) is 0 Å². The number of sulfonamides is 1. The van der Waals surface area contributed by atoms with Crippen LogP contribution in [0.1, 0.15) is 12.5 Å². The van der Waals surface area contributed by atoms with E-state index in [0.717, 1.165) is 26.2 Å². The van der Waals surface area contributed by atoms with Crippen LogP contribution in [0.3, 0.4) is 0 Å². The predicted molar refractivity (Wildman–Crippen MR) is 89.9 cm³/mol. The first-order valence-electron chi connectivity index (χ1n) is 7.48. The second-order valence-electron chi connectivity index (χ2n) is 5.95. The molecule has 124 valence electrons. The van der Waals surface area contributed by atoms with Crippen LogP contribution in [0.2, 0.25) is 5.02 Å². The van der Waals surface area contributed by atoms with Crippen molar-refractivity contribution < 1.29 is 8.42 Å². The first kappa shape index (κ1) is 17.7. The highest BCUT2D eigenvalue weighted by atomic mass is 35.5. The van der Waals surface area contributed by atoms with Crippen molar-refractivity contribution in [1.29, 1.82) is 0 Å². The van der Waals surface area contributed by atoms with Crippen LogP contribution < -0.4 is 4.72 Å². The van der Waals surface area contributed by atoms with E-state index in [-0.39, 0.29) is 6.04 Å². The van der Waals surface area contributed by atoms with Gasteiger partial charge in [0.25, 0.3) is 0 Å². The van der Waals surface area contributed by atoms with Gasteiger partial charge in [0.2, 0.25) is 10.0 Å². The molecule has 5 nitrogen and oxygen atoms in total. The van der Waals surface area contributed by atoms with Gasteiger partial charge in [-0.2, -0.15) is 0 Å². The Bertz CT molecular complexity index is 613. The standard InChI is InChI=1S/C15H24ClN3O2S/c1-12-10-14(16)4-5-15(12)22(20,21)17-11-13(2)19-8-6-18(3)7-9-19/h4-5,10,13,17H,6-9,11H2,1-3H3/t13-/m1/s1. The Kier molecular flexibility index (Phi) is 5.85. The summed E-state index contributed by atoms with van der Waals surface area (Å²) in [4.78, 5) is 4.89. The molecule has 1 N–H and O–H groups in total. The molecule has 1 saturated heterocycles. The summed E-state index contributed by atoms with van der Waals surface area (Å²) in [7, 11) is -1.39. The number of halogens is 1. The third kappa shape index (κ3) is 4.43. The van der Waals surface area contributed by atoms with E-state index in [1.54, 1.807) is 25.1 Å². The maximum absolute atomic E-state index is 12.4. The van der Waals surface area contributed by atoms with Crippen LogP contribution in [0.5, 0.6) is 0 Å². The van der Waals surface area contributed by atoms with Gasteiger partial charge in [-0.1, -0.05) is 11.6 Å². The van der Waals surface area contributed by atoms with Crippen LogP contribution in [0.15, 0.2) is 23.1 Å². The molecule has 0 saturated carbocycles. The molecule has 1 aromatic carbocycles. The van der Waals surface area contributed by atoms with Gasteiger partial charge in [-0.25, -0.2) is 13.1 Å². The van der Waals surface area contributed by atoms with Crippen LogP contribution >= 0.6 is 11.6 Å². The molecule has 1 aliphatic rings. The summed E-state index contributed by atoms with van der Waals surface area (Å²) in [6.07, 6.45) is 0. The topological polar surface area (TPSA) is 52.7 Å². The molecule has 7 heteroatoms. The average molecular weight is 346 g/mol. The van der Waals surface area contributed by atoms with Crippen LogP contribution in [0.4, 0.5) is 0 Å². The van der Waals surface area contributed by atoms with E-state index in [4.69, 9.17) is 11.6 Å². The van der Waals surface area contributed by atoms with Crippen molar-refractivity contribution in [2.75, 3.05) is 39.8 Å². The Morgan fingerprint density at radius 2 is 1.91 bits per heavy atom. The number of piperazine rings is 1. The minimum absolute atomic E-state index is 0.177. The smallest absolute Gasteiger partial charge is 0.240 e. The maximum atomic E-state index is 12.4. The van der Waals surface area contributed by atoms with Gasteiger partial charge in [0.05, 0.1) is 4.90 Å². The molecule has 1 aromatic rings. The van der Waals surface area contributed by atoms with Gasteiger partial charge in [-0.15, -0.1) is 0 Å². The Balaban J connectivity index is 1.97. The van der Waals surface area contributed by atoms with Gasteiger partial charge >= 0.3 is 0 Å². The summed E-state index contributed by atoms with van der Waals surface area (Å²) >= 11 is 5.88. The summed E-state index contributed by atoms with van der Waals surface area (Å²) in [6.45, 7) is 8.21. The highest BCUT2D eigenvalue weighted by Crippen LogP contribution is 2.19. The molecule has 1 aliphatic heterocycles. The fraction of sp³-hybridized carbons (Fsp3) is 0.600. The van der Waals surface area contributed by atoms with Crippen molar-refractivity contribution in [3.05, 3.63) is 28.8 Å². The van der Waals surface area contributed by atoms with Gasteiger partial charge in [0.15, 0.2) is 0 Å². The zero-order valence-corrected chi connectivity index (χ0v) is 14.9. The highest BCUT2D eigenvalue weighted by molar-refractivity contribution is 7.89. The van der Waals surface area contributed by atoms with E-state index >= 15 is 0 Å². The molecule has 1 fully saturated rings. The molecular weight excluding hydrogens is 322 g/mol. The summed E-state index contributed by atoms with van der Waals surface area (Å²) in [5, 5.41) is 0.544. The Labute approximate surface area is 138 Å². The van der Waals surface area contributed by atoms with E-state index in [1.807, 2.05) is 0 Å². The number of hydrogen-bond donors (Lipinski definition) is 1. The third-order valence-electron chi connectivity index (χ3n) is 4.16. The number of rotatable bonds is 5. The van der Waals surface area contributed by atoms with Crippen molar-refractivity contribution >= 4 is 21.6 Å². The molecule has 0 bridgehead atoms. The Hall–Kier alpha value is -0.660. The monoisotopic (exact) mass is 345 g/mol. The van der Waals surface area contributed by atoms with Crippen LogP contribution in [-0.2, 0) is 10.0 Å².